The topological polar surface area (TPSA) is 52.5 Å². The third-order valence-corrected chi connectivity index (χ3v) is 4.51. The maximum absolute atomic E-state index is 8.99. The Labute approximate surface area is 120 Å². The number of aromatic nitrogens is 2. The van der Waals surface area contributed by atoms with Crippen LogP contribution in [0.5, 0.6) is 0 Å². The largest absolute Gasteiger partial charge is 0.390 e. The van der Waals surface area contributed by atoms with Crippen LogP contribution >= 0.6 is 0 Å². The molecule has 3 heterocycles. The molecule has 2 aliphatic heterocycles. The van der Waals surface area contributed by atoms with Gasteiger partial charge in [-0.25, -0.2) is 4.98 Å². The molecule has 110 valence electrons. The Kier molecular flexibility index (Phi) is 4.47. The molecule has 0 spiro atoms. The van der Waals surface area contributed by atoms with Crippen LogP contribution in [0.15, 0.2) is 12.4 Å². The summed E-state index contributed by atoms with van der Waals surface area (Å²) in [6.07, 6.45) is 8.72. The van der Waals surface area contributed by atoms with E-state index in [1.165, 1.54) is 45.3 Å². The lowest BCUT2D eigenvalue weighted by Crippen LogP contribution is -2.38. The van der Waals surface area contributed by atoms with Gasteiger partial charge in [-0.05, 0) is 44.7 Å². The summed E-state index contributed by atoms with van der Waals surface area (Å²) < 4.78 is 0. The Balaban J connectivity index is 1.49. The molecule has 0 saturated carbocycles. The SMILES string of the molecule is OCc1cnc(N2CCC(CN3CCCC3)CC2)cn1. The zero-order chi connectivity index (χ0) is 13.8. The Morgan fingerprint density at radius 1 is 1.05 bits per heavy atom. The first-order chi connectivity index (χ1) is 9.85. The van der Waals surface area contributed by atoms with Gasteiger partial charge < -0.3 is 14.9 Å². The maximum Gasteiger partial charge on any atom is 0.147 e. The number of aliphatic hydroxyl groups excluding tert-OH is 1. The lowest BCUT2D eigenvalue weighted by molar-refractivity contribution is 0.249. The number of nitrogens with zero attached hydrogens (tertiary/aromatic N) is 4. The first-order valence-electron chi connectivity index (χ1n) is 7.74. The lowest BCUT2D eigenvalue weighted by atomic mass is 9.96. The van der Waals surface area contributed by atoms with E-state index >= 15 is 0 Å². The van der Waals surface area contributed by atoms with Crippen molar-refractivity contribution < 1.29 is 5.11 Å². The molecule has 0 amide bonds. The molecule has 2 saturated heterocycles. The van der Waals surface area contributed by atoms with Gasteiger partial charge in [-0.1, -0.05) is 0 Å². The van der Waals surface area contributed by atoms with E-state index in [2.05, 4.69) is 19.8 Å². The summed E-state index contributed by atoms with van der Waals surface area (Å²) in [7, 11) is 0. The quantitative estimate of drug-likeness (QED) is 0.898. The van der Waals surface area contributed by atoms with Gasteiger partial charge in [0.05, 0.1) is 24.7 Å². The van der Waals surface area contributed by atoms with Crippen LogP contribution in [-0.4, -0.2) is 52.7 Å². The second kappa shape index (κ2) is 6.50. The standard InChI is InChI=1S/C15H24N4O/c20-12-14-9-17-15(10-16-14)19-7-3-13(4-8-19)11-18-5-1-2-6-18/h9-10,13,20H,1-8,11-12H2. The maximum atomic E-state index is 8.99. The van der Waals surface area contributed by atoms with E-state index in [0.29, 0.717) is 5.69 Å². The molecule has 1 aromatic heterocycles. The van der Waals surface area contributed by atoms with Crippen molar-refractivity contribution in [1.82, 2.24) is 14.9 Å². The molecule has 2 aliphatic rings. The average Bonchev–Trinajstić information content (AvgIpc) is 3.01. The number of piperidine rings is 1. The van der Waals surface area contributed by atoms with Crippen molar-refractivity contribution in [3.05, 3.63) is 18.1 Å². The van der Waals surface area contributed by atoms with Crippen LogP contribution in [0.25, 0.3) is 0 Å². The van der Waals surface area contributed by atoms with E-state index in [9.17, 15) is 0 Å². The van der Waals surface area contributed by atoms with E-state index in [-0.39, 0.29) is 6.61 Å². The minimum atomic E-state index is -0.0365. The van der Waals surface area contributed by atoms with Gasteiger partial charge in [0.1, 0.15) is 5.82 Å². The van der Waals surface area contributed by atoms with Gasteiger partial charge in [-0.15, -0.1) is 0 Å². The second-order valence-corrected chi connectivity index (χ2v) is 5.96. The van der Waals surface area contributed by atoms with E-state index < -0.39 is 0 Å². The predicted molar refractivity (Wildman–Crippen MR) is 78.6 cm³/mol. The summed E-state index contributed by atoms with van der Waals surface area (Å²) >= 11 is 0. The van der Waals surface area contributed by atoms with Gasteiger partial charge in [0, 0.05) is 19.6 Å². The first-order valence-corrected chi connectivity index (χ1v) is 7.74. The summed E-state index contributed by atoms with van der Waals surface area (Å²) in [6.45, 7) is 5.99. The summed E-state index contributed by atoms with van der Waals surface area (Å²) in [4.78, 5) is 13.5. The molecule has 0 aromatic carbocycles. The van der Waals surface area contributed by atoms with Crippen molar-refractivity contribution in [2.45, 2.75) is 32.3 Å². The first kappa shape index (κ1) is 13.8. The highest BCUT2D eigenvalue weighted by Crippen LogP contribution is 2.23. The van der Waals surface area contributed by atoms with Gasteiger partial charge in [0.15, 0.2) is 0 Å². The van der Waals surface area contributed by atoms with Gasteiger partial charge in [0.2, 0.25) is 0 Å². The highest BCUT2D eigenvalue weighted by atomic mass is 16.3. The molecule has 1 N–H and O–H groups in total. The average molecular weight is 276 g/mol. The summed E-state index contributed by atoms with van der Waals surface area (Å²) in [5.41, 5.74) is 0.637. The monoisotopic (exact) mass is 276 g/mol. The molecule has 0 atom stereocenters. The van der Waals surface area contributed by atoms with Crippen LogP contribution in [0.2, 0.25) is 0 Å². The lowest BCUT2D eigenvalue weighted by Gasteiger charge is -2.34. The second-order valence-electron chi connectivity index (χ2n) is 5.96. The molecule has 1 aromatic rings. The fraction of sp³-hybridized carbons (Fsp3) is 0.733. The minimum absolute atomic E-state index is 0.0365. The summed E-state index contributed by atoms with van der Waals surface area (Å²) in [5.74, 6) is 1.79. The van der Waals surface area contributed by atoms with Crippen molar-refractivity contribution in [3.63, 3.8) is 0 Å². The third-order valence-electron chi connectivity index (χ3n) is 4.51. The molecule has 0 aliphatic carbocycles. The number of aliphatic hydroxyl groups is 1. The Hall–Kier alpha value is -1.20. The molecular weight excluding hydrogens is 252 g/mol. The predicted octanol–water partition coefficient (Wildman–Crippen LogP) is 1.28. The van der Waals surface area contributed by atoms with Gasteiger partial charge >= 0.3 is 0 Å². The zero-order valence-corrected chi connectivity index (χ0v) is 12.0. The number of hydrogen-bond acceptors (Lipinski definition) is 5. The molecule has 5 heteroatoms. The van der Waals surface area contributed by atoms with E-state index in [1.807, 2.05) is 0 Å². The molecule has 20 heavy (non-hydrogen) atoms. The molecule has 2 fully saturated rings. The number of likely N-dealkylation sites (tertiary alicyclic amines) is 1. The Morgan fingerprint density at radius 2 is 1.80 bits per heavy atom. The molecule has 0 radical (unpaired) electrons. The molecule has 5 nitrogen and oxygen atoms in total. The third kappa shape index (κ3) is 3.27. The van der Waals surface area contributed by atoms with Crippen molar-refractivity contribution in [2.75, 3.05) is 37.6 Å². The van der Waals surface area contributed by atoms with Crippen molar-refractivity contribution in [1.29, 1.82) is 0 Å². The normalized spacial score (nSPS) is 21.6. The highest BCUT2D eigenvalue weighted by Gasteiger charge is 2.23. The fourth-order valence-corrected chi connectivity index (χ4v) is 3.27. The van der Waals surface area contributed by atoms with E-state index in [4.69, 9.17) is 5.11 Å². The Bertz CT molecular complexity index is 408. The van der Waals surface area contributed by atoms with Crippen LogP contribution < -0.4 is 4.90 Å². The number of anilines is 1. The molecular formula is C15H24N4O. The molecule has 0 bridgehead atoms. The molecule has 0 unspecified atom stereocenters. The number of hydrogen-bond donors (Lipinski definition) is 1. The van der Waals surface area contributed by atoms with Crippen LogP contribution in [0.4, 0.5) is 5.82 Å². The van der Waals surface area contributed by atoms with Crippen LogP contribution in [0.1, 0.15) is 31.4 Å². The van der Waals surface area contributed by atoms with Gasteiger partial charge in [-0.2, -0.15) is 0 Å². The fourth-order valence-electron chi connectivity index (χ4n) is 3.27. The van der Waals surface area contributed by atoms with Crippen LogP contribution in [-0.2, 0) is 6.61 Å². The minimum Gasteiger partial charge on any atom is -0.390 e. The van der Waals surface area contributed by atoms with Crippen molar-refractivity contribution >= 4 is 5.82 Å². The van der Waals surface area contributed by atoms with Crippen LogP contribution in [0.3, 0.4) is 0 Å². The van der Waals surface area contributed by atoms with Gasteiger partial charge in [0.25, 0.3) is 0 Å². The van der Waals surface area contributed by atoms with Crippen molar-refractivity contribution in [3.8, 4) is 0 Å². The molecule has 3 rings (SSSR count). The summed E-state index contributed by atoms with van der Waals surface area (Å²) in [5, 5.41) is 8.99. The van der Waals surface area contributed by atoms with Gasteiger partial charge in [-0.3, -0.25) is 4.98 Å². The summed E-state index contributed by atoms with van der Waals surface area (Å²) in [6, 6.07) is 0. The van der Waals surface area contributed by atoms with Crippen LogP contribution in [0, 0.1) is 5.92 Å². The van der Waals surface area contributed by atoms with E-state index in [0.717, 1.165) is 24.8 Å². The highest BCUT2D eigenvalue weighted by molar-refractivity contribution is 5.36. The van der Waals surface area contributed by atoms with Crippen molar-refractivity contribution in [2.24, 2.45) is 5.92 Å². The van der Waals surface area contributed by atoms with E-state index in [1.54, 1.807) is 12.4 Å². The number of rotatable bonds is 4. The Morgan fingerprint density at radius 3 is 2.40 bits per heavy atom. The zero-order valence-electron chi connectivity index (χ0n) is 12.0. The smallest absolute Gasteiger partial charge is 0.147 e.